The van der Waals surface area contributed by atoms with Gasteiger partial charge in [-0.25, -0.2) is 9.78 Å². The molecule has 146 valence electrons. The average molecular weight is 380 g/mol. The Labute approximate surface area is 163 Å². The molecule has 1 aromatic carbocycles. The van der Waals surface area contributed by atoms with Crippen molar-refractivity contribution in [1.29, 1.82) is 0 Å². The van der Waals surface area contributed by atoms with Crippen LogP contribution in [0.25, 0.3) is 10.9 Å². The van der Waals surface area contributed by atoms with Crippen LogP contribution in [0, 0.1) is 12.3 Å². The first-order valence-electron chi connectivity index (χ1n) is 9.78. The molecule has 2 aliphatic rings. The number of imide groups is 1. The quantitative estimate of drug-likeness (QED) is 0.601. The number of carbonyl (C=O) groups excluding carboxylic acids is 3. The number of amides is 2. The number of nitrogens with zero attached hydrogens (tertiary/aromatic N) is 2. The number of aryl methyl sites for hydroxylation is 1. The molecule has 2 amide bonds. The Kier molecular flexibility index (Phi) is 4.65. The van der Waals surface area contributed by atoms with Crippen LogP contribution in [0.1, 0.15) is 60.1 Å². The molecule has 0 radical (unpaired) electrons. The SMILES string of the molecule is COC(=O)c1c(CN2C(=O)CC3(CCCCC3)C2=O)nc2ccccc2c1C. The fraction of sp³-hybridized carbons (Fsp3) is 0.455. The van der Waals surface area contributed by atoms with Crippen LogP contribution in [0.2, 0.25) is 0 Å². The summed E-state index contributed by atoms with van der Waals surface area (Å²) >= 11 is 0. The molecule has 1 aliphatic carbocycles. The minimum atomic E-state index is -0.549. The van der Waals surface area contributed by atoms with Crippen LogP contribution in [0.15, 0.2) is 24.3 Å². The molecule has 0 unspecified atom stereocenters. The number of pyridine rings is 1. The van der Waals surface area contributed by atoms with Gasteiger partial charge in [0, 0.05) is 11.8 Å². The molecule has 0 atom stereocenters. The van der Waals surface area contributed by atoms with Crippen LogP contribution in [0.3, 0.4) is 0 Å². The number of hydrogen-bond donors (Lipinski definition) is 0. The second kappa shape index (κ2) is 7.00. The zero-order valence-corrected chi connectivity index (χ0v) is 16.3. The van der Waals surface area contributed by atoms with Gasteiger partial charge in [0.15, 0.2) is 0 Å². The molecule has 1 spiro atoms. The van der Waals surface area contributed by atoms with Crippen LogP contribution < -0.4 is 0 Å². The van der Waals surface area contributed by atoms with Gasteiger partial charge in [-0.3, -0.25) is 14.5 Å². The molecule has 28 heavy (non-hydrogen) atoms. The first kappa shape index (κ1) is 18.6. The number of carbonyl (C=O) groups is 3. The topological polar surface area (TPSA) is 76.6 Å². The van der Waals surface area contributed by atoms with E-state index >= 15 is 0 Å². The predicted octanol–water partition coefficient (Wildman–Crippen LogP) is 3.54. The summed E-state index contributed by atoms with van der Waals surface area (Å²) in [5.74, 6) is -0.784. The lowest BCUT2D eigenvalue weighted by Gasteiger charge is -2.30. The second-order valence-corrected chi connectivity index (χ2v) is 7.87. The van der Waals surface area contributed by atoms with Gasteiger partial charge in [-0.2, -0.15) is 0 Å². The first-order chi connectivity index (χ1) is 13.5. The van der Waals surface area contributed by atoms with E-state index in [0.717, 1.165) is 48.6 Å². The van der Waals surface area contributed by atoms with Gasteiger partial charge in [0.05, 0.1) is 35.8 Å². The maximum Gasteiger partial charge on any atom is 0.340 e. The van der Waals surface area contributed by atoms with E-state index < -0.39 is 11.4 Å². The number of fused-ring (bicyclic) bond motifs is 1. The number of para-hydroxylation sites is 1. The summed E-state index contributed by atoms with van der Waals surface area (Å²) in [6.45, 7) is 1.85. The Hall–Kier alpha value is -2.76. The molecule has 1 saturated carbocycles. The Balaban J connectivity index is 1.76. The third kappa shape index (κ3) is 2.87. The maximum absolute atomic E-state index is 13.2. The van der Waals surface area contributed by atoms with Crippen LogP contribution in [-0.4, -0.2) is 34.8 Å². The highest BCUT2D eigenvalue weighted by Gasteiger charge is 2.51. The zero-order valence-electron chi connectivity index (χ0n) is 16.3. The predicted molar refractivity (Wildman–Crippen MR) is 104 cm³/mol. The fourth-order valence-corrected chi connectivity index (χ4v) is 4.72. The highest BCUT2D eigenvalue weighted by atomic mass is 16.5. The number of ether oxygens (including phenoxy) is 1. The van der Waals surface area contributed by atoms with Gasteiger partial charge in [0.1, 0.15) is 0 Å². The number of methoxy groups -OCH3 is 1. The monoisotopic (exact) mass is 380 g/mol. The van der Waals surface area contributed by atoms with E-state index in [0.29, 0.717) is 11.3 Å². The molecule has 6 heteroatoms. The average Bonchev–Trinajstić information content (AvgIpc) is 2.92. The second-order valence-electron chi connectivity index (χ2n) is 7.87. The summed E-state index contributed by atoms with van der Waals surface area (Å²) in [6.07, 6.45) is 4.87. The lowest BCUT2D eigenvalue weighted by molar-refractivity contribution is -0.143. The molecule has 0 N–H and O–H groups in total. The molecule has 1 saturated heterocycles. The molecule has 6 nitrogen and oxygen atoms in total. The Morgan fingerprint density at radius 3 is 2.61 bits per heavy atom. The normalized spacial score (nSPS) is 18.9. The smallest absolute Gasteiger partial charge is 0.340 e. The highest BCUT2D eigenvalue weighted by molar-refractivity contribution is 6.06. The summed E-state index contributed by atoms with van der Waals surface area (Å²) in [5, 5.41) is 0.856. The number of esters is 1. The van der Waals surface area contributed by atoms with Crippen molar-refractivity contribution in [2.24, 2.45) is 5.41 Å². The number of aromatic nitrogens is 1. The van der Waals surface area contributed by atoms with Crippen molar-refractivity contribution in [3.63, 3.8) is 0 Å². The Bertz CT molecular complexity index is 976. The fourth-order valence-electron chi connectivity index (χ4n) is 4.72. The van der Waals surface area contributed by atoms with Gasteiger partial charge in [0.2, 0.25) is 11.8 Å². The van der Waals surface area contributed by atoms with Crippen LogP contribution in [0.4, 0.5) is 0 Å². The van der Waals surface area contributed by atoms with Crippen molar-refractivity contribution in [1.82, 2.24) is 9.88 Å². The van der Waals surface area contributed by atoms with Crippen molar-refractivity contribution in [2.75, 3.05) is 7.11 Å². The van der Waals surface area contributed by atoms with Crippen molar-refractivity contribution >= 4 is 28.7 Å². The molecule has 2 aromatic rings. The molecule has 0 bridgehead atoms. The van der Waals surface area contributed by atoms with E-state index in [1.165, 1.54) is 12.0 Å². The van der Waals surface area contributed by atoms with E-state index in [1.54, 1.807) is 0 Å². The highest BCUT2D eigenvalue weighted by Crippen LogP contribution is 2.45. The molecule has 1 aromatic heterocycles. The van der Waals surface area contributed by atoms with Crippen LogP contribution in [-0.2, 0) is 20.9 Å². The van der Waals surface area contributed by atoms with Gasteiger partial charge in [0.25, 0.3) is 0 Å². The molecular weight excluding hydrogens is 356 g/mol. The van der Waals surface area contributed by atoms with Crippen molar-refractivity contribution in [2.45, 2.75) is 52.0 Å². The standard InChI is InChI=1S/C22H24N2O4/c1-14-15-8-4-5-9-16(15)23-17(19(14)20(26)28-2)13-24-18(25)12-22(21(24)27)10-6-3-7-11-22/h4-5,8-9H,3,6-7,10-13H2,1-2H3. The van der Waals surface area contributed by atoms with Crippen molar-refractivity contribution in [3.05, 3.63) is 41.1 Å². The van der Waals surface area contributed by atoms with E-state index in [9.17, 15) is 14.4 Å². The summed E-state index contributed by atoms with van der Waals surface area (Å²) < 4.78 is 4.97. The molecule has 2 heterocycles. The Morgan fingerprint density at radius 2 is 1.89 bits per heavy atom. The largest absolute Gasteiger partial charge is 0.465 e. The van der Waals surface area contributed by atoms with Crippen molar-refractivity contribution < 1.29 is 19.1 Å². The van der Waals surface area contributed by atoms with E-state index in [4.69, 9.17) is 4.74 Å². The van der Waals surface area contributed by atoms with Gasteiger partial charge in [-0.1, -0.05) is 37.5 Å². The number of hydrogen-bond acceptors (Lipinski definition) is 5. The number of likely N-dealkylation sites (tertiary alicyclic amines) is 1. The Morgan fingerprint density at radius 1 is 1.18 bits per heavy atom. The lowest BCUT2D eigenvalue weighted by atomic mass is 9.73. The maximum atomic E-state index is 13.2. The minimum absolute atomic E-state index is 0.00945. The van der Waals surface area contributed by atoms with E-state index in [2.05, 4.69) is 4.98 Å². The zero-order chi connectivity index (χ0) is 19.9. The van der Waals surface area contributed by atoms with Gasteiger partial charge in [-0.15, -0.1) is 0 Å². The van der Waals surface area contributed by atoms with Crippen LogP contribution >= 0.6 is 0 Å². The summed E-state index contributed by atoms with van der Waals surface area (Å²) in [5.41, 5.74) is 1.68. The lowest BCUT2D eigenvalue weighted by Crippen LogP contribution is -2.37. The molecule has 1 aliphatic heterocycles. The molecular formula is C22H24N2O4. The first-order valence-corrected chi connectivity index (χ1v) is 9.78. The van der Waals surface area contributed by atoms with Crippen molar-refractivity contribution in [3.8, 4) is 0 Å². The third-order valence-corrected chi connectivity index (χ3v) is 6.22. The molecule has 2 fully saturated rings. The number of benzene rings is 1. The summed E-state index contributed by atoms with van der Waals surface area (Å²) in [7, 11) is 1.32. The number of rotatable bonds is 3. The van der Waals surface area contributed by atoms with E-state index in [-0.39, 0.29) is 24.8 Å². The summed E-state index contributed by atoms with van der Waals surface area (Å²) in [4.78, 5) is 44.3. The van der Waals surface area contributed by atoms with Crippen LogP contribution in [0.5, 0.6) is 0 Å². The molecule has 4 rings (SSSR count). The minimum Gasteiger partial charge on any atom is -0.465 e. The summed E-state index contributed by atoms with van der Waals surface area (Å²) in [6, 6.07) is 7.53. The van der Waals surface area contributed by atoms with Gasteiger partial charge >= 0.3 is 5.97 Å². The van der Waals surface area contributed by atoms with Gasteiger partial charge < -0.3 is 4.74 Å². The van der Waals surface area contributed by atoms with E-state index in [1.807, 2.05) is 31.2 Å². The van der Waals surface area contributed by atoms with Gasteiger partial charge in [-0.05, 0) is 31.4 Å². The third-order valence-electron chi connectivity index (χ3n) is 6.22.